The lowest BCUT2D eigenvalue weighted by molar-refractivity contribution is -0.385. The van der Waals surface area contributed by atoms with E-state index in [4.69, 9.17) is 0 Å². The first kappa shape index (κ1) is 15.0. The molecule has 0 unspecified atom stereocenters. The molecular weight excluding hydrogens is 296 g/mol. The summed E-state index contributed by atoms with van der Waals surface area (Å²) in [6.45, 7) is 0.151. The van der Waals surface area contributed by atoms with E-state index in [1.807, 2.05) is 0 Å². The highest BCUT2D eigenvalue weighted by Crippen LogP contribution is 2.16. The predicted octanol–water partition coefficient (Wildman–Crippen LogP) is 0.906. The number of hydrogen-bond donors (Lipinski definition) is 1. The summed E-state index contributed by atoms with van der Waals surface area (Å²) in [4.78, 5) is 17.5. The molecule has 0 aliphatic rings. The summed E-state index contributed by atoms with van der Waals surface area (Å²) in [5.74, 6) is 0. The molecule has 9 heteroatoms. The molecule has 110 valence electrons. The number of nitrogens with zero attached hydrogens (tertiary/aromatic N) is 3. The molecular formula is C12H12N4O4S. The third-order valence-corrected chi connectivity index (χ3v) is 4.12. The number of non-ortho nitro benzene ring substituents is 1. The van der Waals surface area contributed by atoms with E-state index >= 15 is 0 Å². The van der Waals surface area contributed by atoms with Gasteiger partial charge in [-0.25, -0.2) is 23.1 Å². The fourth-order valence-corrected chi connectivity index (χ4v) is 2.71. The fraction of sp³-hybridized carbons (Fsp3) is 0.167. The highest BCUT2D eigenvalue weighted by Gasteiger charge is 2.16. The second-order valence-corrected chi connectivity index (χ2v) is 5.92. The van der Waals surface area contributed by atoms with Crippen molar-refractivity contribution in [2.45, 2.75) is 11.3 Å². The van der Waals surface area contributed by atoms with Crippen LogP contribution in [0.2, 0.25) is 0 Å². The van der Waals surface area contributed by atoms with Gasteiger partial charge in [0.15, 0.2) is 0 Å². The second-order valence-electron chi connectivity index (χ2n) is 4.15. The Morgan fingerprint density at radius 3 is 2.62 bits per heavy atom. The molecule has 2 rings (SSSR count). The van der Waals surface area contributed by atoms with Crippen molar-refractivity contribution in [1.82, 2.24) is 14.7 Å². The lowest BCUT2D eigenvalue weighted by Gasteiger charge is -2.06. The molecule has 8 nitrogen and oxygen atoms in total. The maximum Gasteiger partial charge on any atom is 0.270 e. The van der Waals surface area contributed by atoms with Gasteiger partial charge in [0.1, 0.15) is 6.33 Å². The normalized spacial score (nSPS) is 11.2. The first-order valence-electron chi connectivity index (χ1n) is 5.97. The van der Waals surface area contributed by atoms with Crippen molar-refractivity contribution in [3.63, 3.8) is 0 Å². The molecule has 1 heterocycles. The molecule has 0 aliphatic carbocycles. The monoisotopic (exact) mass is 308 g/mol. The van der Waals surface area contributed by atoms with Crippen molar-refractivity contribution in [2.24, 2.45) is 0 Å². The van der Waals surface area contributed by atoms with Gasteiger partial charge in [-0.15, -0.1) is 0 Å². The highest BCUT2D eigenvalue weighted by molar-refractivity contribution is 7.89. The van der Waals surface area contributed by atoms with E-state index in [-0.39, 0.29) is 17.1 Å². The molecule has 0 fully saturated rings. The minimum absolute atomic E-state index is 0.138. The summed E-state index contributed by atoms with van der Waals surface area (Å²) in [7, 11) is -3.78. The highest BCUT2D eigenvalue weighted by atomic mass is 32.2. The average Bonchev–Trinajstić information content (AvgIpc) is 2.48. The predicted molar refractivity (Wildman–Crippen MR) is 74.0 cm³/mol. The van der Waals surface area contributed by atoms with Crippen LogP contribution >= 0.6 is 0 Å². The van der Waals surface area contributed by atoms with Gasteiger partial charge >= 0.3 is 0 Å². The number of rotatable bonds is 6. The smallest absolute Gasteiger partial charge is 0.258 e. The Morgan fingerprint density at radius 2 is 1.95 bits per heavy atom. The van der Waals surface area contributed by atoms with Crippen LogP contribution in [-0.4, -0.2) is 29.9 Å². The van der Waals surface area contributed by atoms with Crippen molar-refractivity contribution in [2.75, 3.05) is 6.54 Å². The number of benzene rings is 1. The first-order chi connectivity index (χ1) is 9.99. The van der Waals surface area contributed by atoms with E-state index in [1.165, 1.54) is 24.5 Å². The van der Waals surface area contributed by atoms with Crippen LogP contribution in [0.5, 0.6) is 0 Å². The molecule has 0 bridgehead atoms. The molecule has 1 aromatic heterocycles. The third-order valence-electron chi connectivity index (χ3n) is 2.66. The van der Waals surface area contributed by atoms with Gasteiger partial charge in [0.2, 0.25) is 10.0 Å². The van der Waals surface area contributed by atoms with Gasteiger partial charge in [-0.05, 0) is 18.1 Å². The Kier molecular flexibility index (Phi) is 4.55. The van der Waals surface area contributed by atoms with E-state index in [2.05, 4.69) is 14.7 Å². The van der Waals surface area contributed by atoms with Crippen LogP contribution in [0.15, 0.2) is 47.9 Å². The van der Waals surface area contributed by atoms with E-state index < -0.39 is 14.9 Å². The molecule has 1 aromatic carbocycles. The average molecular weight is 308 g/mol. The van der Waals surface area contributed by atoms with Crippen LogP contribution in [0.25, 0.3) is 0 Å². The van der Waals surface area contributed by atoms with Gasteiger partial charge in [-0.3, -0.25) is 10.1 Å². The van der Waals surface area contributed by atoms with Crippen molar-refractivity contribution < 1.29 is 13.3 Å². The standard InChI is InChI=1S/C12H12N4O4S/c17-16(18)11-2-1-3-12(6-11)21(19,20)15-5-4-10-7-13-9-14-8-10/h1-3,6-9,15H,4-5H2. The molecule has 1 N–H and O–H groups in total. The Bertz CT molecular complexity index is 734. The van der Waals surface area contributed by atoms with Crippen molar-refractivity contribution in [3.05, 3.63) is 58.7 Å². The van der Waals surface area contributed by atoms with Crippen LogP contribution < -0.4 is 4.72 Å². The van der Waals surface area contributed by atoms with Crippen LogP contribution in [0.3, 0.4) is 0 Å². The van der Waals surface area contributed by atoms with Gasteiger partial charge in [0, 0.05) is 31.1 Å². The summed E-state index contributed by atoms with van der Waals surface area (Å²) < 4.78 is 26.4. The minimum atomic E-state index is -3.78. The van der Waals surface area contributed by atoms with E-state index in [1.54, 1.807) is 12.4 Å². The lowest BCUT2D eigenvalue weighted by Crippen LogP contribution is -2.26. The maximum absolute atomic E-state index is 12.0. The Morgan fingerprint density at radius 1 is 1.24 bits per heavy atom. The quantitative estimate of drug-likeness (QED) is 0.626. The Labute approximate surface area is 121 Å². The summed E-state index contributed by atoms with van der Waals surface area (Å²) in [5, 5.41) is 10.7. The van der Waals surface area contributed by atoms with E-state index in [9.17, 15) is 18.5 Å². The van der Waals surface area contributed by atoms with Crippen LogP contribution in [0.1, 0.15) is 5.56 Å². The van der Waals surface area contributed by atoms with Crippen molar-refractivity contribution >= 4 is 15.7 Å². The van der Waals surface area contributed by atoms with Gasteiger partial charge in [-0.1, -0.05) is 6.07 Å². The first-order valence-corrected chi connectivity index (χ1v) is 7.45. The lowest BCUT2D eigenvalue weighted by atomic mass is 10.2. The van der Waals surface area contributed by atoms with E-state index in [0.29, 0.717) is 6.42 Å². The zero-order valence-corrected chi connectivity index (χ0v) is 11.7. The Hall–Kier alpha value is -2.39. The molecule has 0 atom stereocenters. The van der Waals surface area contributed by atoms with E-state index in [0.717, 1.165) is 11.6 Å². The Balaban J connectivity index is 2.05. The molecule has 2 aromatic rings. The van der Waals surface area contributed by atoms with Crippen LogP contribution in [0.4, 0.5) is 5.69 Å². The summed E-state index contributed by atoms with van der Waals surface area (Å²) in [6.07, 6.45) is 5.00. The van der Waals surface area contributed by atoms with Crippen LogP contribution in [-0.2, 0) is 16.4 Å². The number of nitro groups is 1. The van der Waals surface area contributed by atoms with Gasteiger partial charge in [0.05, 0.1) is 9.82 Å². The number of hydrogen-bond acceptors (Lipinski definition) is 6. The second kappa shape index (κ2) is 6.37. The van der Waals surface area contributed by atoms with Crippen LogP contribution in [0, 0.1) is 10.1 Å². The molecule has 21 heavy (non-hydrogen) atoms. The SMILES string of the molecule is O=[N+]([O-])c1cccc(S(=O)(=O)NCCc2cncnc2)c1. The number of sulfonamides is 1. The number of nitrogens with one attached hydrogen (secondary N) is 1. The fourth-order valence-electron chi connectivity index (χ4n) is 1.64. The maximum atomic E-state index is 12.0. The van der Waals surface area contributed by atoms with Gasteiger partial charge in [0.25, 0.3) is 5.69 Å². The topological polar surface area (TPSA) is 115 Å². The number of nitro benzene ring substituents is 1. The molecule has 0 amide bonds. The summed E-state index contributed by atoms with van der Waals surface area (Å²) in [6, 6.07) is 4.90. The van der Waals surface area contributed by atoms with Crippen molar-refractivity contribution in [3.8, 4) is 0 Å². The van der Waals surface area contributed by atoms with Gasteiger partial charge in [-0.2, -0.15) is 0 Å². The number of aromatic nitrogens is 2. The molecule has 0 saturated carbocycles. The summed E-state index contributed by atoms with van der Waals surface area (Å²) >= 11 is 0. The minimum Gasteiger partial charge on any atom is -0.258 e. The van der Waals surface area contributed by atoms with Crippen molar-refractivity contribution in [1.29, 1.82) is 0 Å². The zero-order valence-electron chi connectivity index (χ0n) is 10.8. The van der Waals surface area contributed by atoms with Gasteiger partial charge < -0.3 is 0 Å². The molecule has 0 spiro atoms. The largest absolute Gasteiger partial charge is 0.270 e. The zero-order chi connectivity index (χ0) is 15.3. The molecule has 0 saturated heterocycles. The molecule has 0 radical (unpaired) electrons. The molecule has 0 aliphatic heterocycles. The summed E-state index contributed by atoms with van der Waals surface area (Å²) in [5.41, 5.74) is 0.522. The third kappa shape index (κ3) is 4.04.